The summed E-state index contributed by atoms with van der Waals surface area (Å²) in [5, 5.41) is 2.32. The number of aromatic nitrogens is 2. The Hall–Kier alpha value is -3.10. The fourth-order valence-corrected chi connectivity index (χ4v) is 4.59. The first kappa shape index (κ1) is 22.1. The van der Waals surface area contributed by atoms with Crippen molar-refractivity contribution in [2.75, 3.05) is 6.54 Å². The van der Waals surface area contributed by atoms with E-state index in [0.29, 0.717) is 36.3 Å². The summed E-state index contributed by atoms with van der Waals surface area (Å²) in [7, 11) is 1.68. The zero-order valence-electron chi connectivity index (χ0n) is 19.2. The largest absolute Gasteiger partial charge is 0.444 e. The van der Waals surface area contributed by atoms with Crippen molar-refractivity contribution >= 4 is 28.9 Å². The predicted molar refractivity (Wildman–Crippen MR) is 118 cm³/mol. The van der Waals surface area contributed by atoms with Crippen LogP contribution < -0.4 is 11.0 Å². The average molecular weight is 443 g/mol. The molecule has 1 aromatic heterocycles. The van der Waals surface area contributed by atoms with E-state index >= 15 is 0 Å². The first-order valence-electron chi connectivity index (χ1n) is 11.0. The van der Waals surface area contributed by atoms with Gasteiger partial charge in [-0.05, 0) is 57.2 Å². The highest BCUT2D eigenvalue weighted by atomic mass is 16.6. The Morgan fingerprint density at radius 3 is 2.53 bits per heavy atom. The summed E-state index contributed by atoms with van der Waals surface area (Å²) in [5.41, 5.74) is 1.53. The molecule has 1 N–H and O–H groups in total. The number of hydrogen-bond donors (Lipinski definition) is 1. The van der Waals surface area contributed by atoms with Crippen LogP contribution in [0.25, 0.3) is 11.0 Å². The van der Waals surface area contributed by atoms with Crippen molar-refractivity contribution in [2.45, 2.75) is 64.6 Å². The van der Waals surface area contributed by atoms with Crippen LogP contribution >= 0.6 is 0 Å². The molecule has 1 aromatic carbocycles. The Morgan fingerprint density at radius 2 is 1.91 bits per heavy atom. The summed E-state index contributed by atoms with van der Waals surface area (Å²) >= 11 is 0. The molecular formula is C23H30N4O5. The number of fused-ring (bicyclic) bond motifs is 1. The Bertz CT molecular complexity index is 1160. The zero-order chi connectivity index (χ0) is 23.4. The second-order valence-corrected chi connectivity index (χ2v) is 9.88. The van der Waals surface area contributed by atoms with Gasteiger partial charge < -0.3 is 9.64 Å². The van der Waals surface area contributed by atoms with Crippen LogP contribution in [-0.4, -0.2) is 50.1 Å². The highest BCUT2D eigenvalue weighted by Crippen LogP contribution is 2.31. The molecular weight excluding hydrogens is 412 g/mol. The van der Waals surface area contributed by atoms with Gasteiger partial charge in [0.25, 0.3) is 0 Å². The van der Waals surface area contributed by atoms with E-state index in [2.05, 4.69) is 12.2 Å². The highest BCUT2D eigenvalue weighted by molar-refractivity contribution is 6.00. The zero-order valence-corrected chi connectivity index (χ0v) is 19.2. The van der Waals surface area contributed by atoms with Crippen LogP contribution in [0.4, 0.5) is 4.79 Å². The lowest BCUT2D eigenvalue weighted by molar-refractivity contribution is -0.135. The second kappa shape index (κ2) is 7.79. The summed E-state index contributed by atoms with van der Waals surface area (Å²) < 4.78 is 8.53. The normalized spacial score (nSPS) is 23.8. The maximum atomic E-state index is 12.9. The number of nitrogens with one attached hydrogen (secondary N) is 1. The molecule has 0 saturated carbocycles. The summed E-state index contributed by atoms with van der Waals surface area (Å²) in [4.78, 5) is 51.1. The second-order valence-electron chi connectivity index (χ2n) is 9.88. The summed E-state index contributed by atoms with van der Waals surface area (Å²) in [6, 6.07) is 5.04. The maximum Gasteiger partial charge on any atom is 0.410 e. The molecule has 2 aliphatic heterocycles. The van der Waals surface area contributed by atoms with Crippen molar-refractivity contribution < 1.29 is 19.1 Å². The highest BCUT2D eigenvalue weighted by Gasteiger charge is 2.41. The molecule has 0 radical (unpaired) electrons. The Kier molecular flexibility index (Phi) is 5.38. The molecule has 2 aromatic rings. The van der Waals surface area contributed by atoms with Crippen molar-refractivity contribution in [1.29, 1.82) is 0 Å². The minimum atomic E-state index is -0.705. The van der Waals surface area contributed by atoms with Crippen molar-refractivity contribution in [3.63, 3.8) is 0 Å². The molecule has 0 spiro atoms. The molecule has 2 aliphatic rings. The molecule has 3 heterocycles. The van der Waals surface area contributed by atoms with Crippen LogP contribution in [0.5, 0.6) is 0 Å². The fourth-order valence-electron chi connectivity index (χ4n) is 4.59. The molecule has 3 unspecified atom stereocenters. The predicted octanol–water partition coefficient (Wildman–Crippen LogP) is 2.12. The molecule has 32 heavy (non-hydrogen) atoms. The summed E-state index contributed by atoms with van der Waals surface area (Å²) in [6.45, 7) is 8.32. The number of hydrogen-bond acceptors (Lipinski definition) is 5. The number of aryl methyl sites for hydroxylation is 1. The first-order chi connectivity index (χ1) is 15.0. The maximum absolute atomic E-state index is 12.9. The fraction of sp³-hybridized carbons (Fsp3) is 0.565. The van der Waals surface area contributed by atoms with Gasteiger partial charge in [0.2, 0.25) is 11.8 Å². The SMILES string of the molecule is CC1CN(C(=O)OC(C)(C)C)C1Cc1ccc2c(c1)n(C)c(=O)n2C1CCC(=O)NC1=O. The van der Waals surface area contributed by atoms with E-state index in [9.17, 15) is 19.2 Å². The van der Waals surface area contributed by atoms with Gasteiger partial charge in [-0.3, -0.25) is 24.0 Å². The van der Waals surface area contributed by atoms with Gasteiger partial charge in [0.1, 0.15) is 11.6 Å². The van der Waals surface area contributed by atoms with Crippen LogP contribution in [0.1, 0.15) is 52.1 Å². The first-order valence-corrected chi connectivity index (χ1v) is 11.0. The van der Waals surface area contributed by atoms with Crippen molar-refractivity contribution in [2.24, 2.45) is 13.0 Å². The van der Waals surface area contributed by atoms with Crippen molar-refractivity contribution in [3.05, 3.63) is 34.2 Å². The van der Waals surface area contributed by atoms with E-state index < -0.39 is 17.6 Å². The number of carbonyl (C=O) groups excluding carboxylic acids is 3. The molecule has 0 aliphatic carbocycles. The molecule has 2 fully saturated rings. The van der Waals surface area contributed by atoms with Gasteiger partial charge in [0.05, 0.1) is 11.0 Å². The Morgan fingerprint density at radius 1 is 1.19 bits per heavy atom. The van der Waals surface area contributed by atoms with Crippen LogP contribution in [0.15, 0.2) is 23.0 Å². The molecule has 0 bridgehead atoms. The third-order valence-corrected chi connectivity index (χ3v) is 6.29. The third kappa shape index (κ3) is 3.91. The minimum absolute atomic E-state index is 0.0246. The average Bonchev–Trinajstić information content (AvgIpc) is 2.93. The number of nitrogens with zero attached hydrogens (tertiary/aromatic N) is 3. The van der Waals surface area contributed by atoms with Crippen molar-refractivity contribution in [3.8, 4) is 0 Å². The van der Waals surface area contributed by atoms with Crippen LogP contribution in [0.2, 0.25) is 0 Å². The molecule has 9 nitrogen and oxygen atoms in total. The topological polar surface area (TPSA) is 103 Å². The number of imide groups is 1. The van der Waals surface area contributed by atoms with Gasteiger partial charge >= 0.3 is 11.8 Å². The Labute approximate surface area is 186 Å². The summed E-state index contributed by atoms with van der Waals surface area (Å²) in [5.74, 6) is -0.419. The molecule has 4 rings (SSSR count). The lowest BCUT2D eigenvalue weighted by Crippen LogP contribution is -2.59. The number of amides is 3. The third-order valence-electron chi connectivity index (χ3n) is 6.29. The van der Waals surface area contributed by atoms with Gasteiger partial charge in [-0.2, -0.15) is 0 Å². The smallest absolute Gasteiger partial charge is 0.410 e. The molecule has 172 valence electrons. The number of ether oxygens (including phenoxy) is 1. The van der Waals surface area contributed by atoms with Gasteiger partial charge in [0, 0.05) is 26.1 Å². The number of imidazole rings is 1. The number of carbonyl (C=O) groups is 3. The van der Waals surface area contributed by atoms with E-state index in [-0.39, 0.29) is 30.2 Å². The van der Waals surface area contributed by atoms with E-state index in [1.54, 1.807) is 11.9 Å². The monoisotopic (exact) mass is 442 g/mol. The molecule has 9 heteroatoms. The summed E-state index contributed by atoms with van der Waals surface area (Å²) in [6.07, 6.45) is 0.847. The van der Waals surface area contributed by atoms with Gasteiger partial charge in [0.15, 0.2) is 0 Å². The number of rotatable bonds is 3. The van der Waals surface area contributed by atoms with Crippen LogP contribution in [-0.2, 0) is 27.8 Å². The van der Waals surface area contributed by atoms with Crippen molar-refractivity contribution in [1.82, 2.24) is 19.4 Å². The number of likely N-dealkylation sites (tertiary alicyclic amines) is 1. The lowest BCUT2D eigenvalue weighted by Gasteiger charge is -2.46. The standard InChI is InChI=1S/C23H30N4O5/c1-13-12-26(22(31)32-23(2,3)4)17(13)10-14-6-7-15-18(11-14)25(5)21(30)27(15)16-8-9-19(28)24-20(16)29/h6-7,11,13,16-17H,8-10,12H2,1-5H3,(H,24,28,29). The Balaban J connectivity index is 1.60. The molecule has 3 atom stereocenters. The van der Waals surface area contributed by atoms with E-state index in [0.717, 1.165) is 5.56 Å². The van der Waals surface area contributed by atoms with Crippen LogP contribution in [0.3, 0.4) is 0 Å². The minimum Gasteiger partial charge on any atom is -0.444 e. The van der Waals surface area contributed by atoms with E-state index in [1.807, 2.05) is 39.0 Å². The van der Waals surface area contributed by atoms with E-state index in [4.69, 9.17) is 4.74 Å². The van der Waals surface area contributed by atoms with E-state index in [1.165, 1.54) is 9.13 Å². The number of benzene rings is 1. The van der Waals surface area contributed by atoms with Crippen LogP contribution in [0, 0.1) is 5.92 Å². The molecule has 3 amide bonds. The molecule has 2 saturated heterocycles. The lowest BCUT2D eigenvalue weighted by atomic mass is 9.86. The van der Waals surface area contributed by atoms with Gasteiger partial charge in [-0.25, -0.2) is 9.59 Å². The van der Waals surface area contributed by atoms with Gasteiger partial charge in [-0.1, -0.05) is 13.0 Å². The number of piperidine rings is 1. The quantitative estimate of drug-likeness (QED) is 0.734. The van der Waals surface area contributed by atoms with Gasteiger partial charge in [-0.15, -0.1) is 0 Å².